The van der Waals surface area contributed by atoms with Crippen molar-refractivity contribution in [2.75, 3.05) is 7.05 Å². The highest BCUT2D eigenvalue weighted by atomic mass is 32.2. The van der Waals surface area contributed by atoms with E-state index in [1.807, 2.05) is 0 Å². The Morgan fingerprint density at radius 1 is 1.45 bits per heavy atom. The summed E-state index contributed by atoms with van der Waals surface area (Å²) >= 11 is 1.32. The number of amidine groups is 1. The third-order valence-corrected chi connectivity index (χ3v) is 5.69. The van der Waals surface area contributed by atoms with Crippen LogP contribution in [0.2, 0.25) is 0 Å². The van der Waals surface area contributed by atoms with E-state index in [-0.39, 0.29) is 5.92 Å². The number of rotatable bonds is 2. The summed E-state index contributed by atoms with van der Waals surface area (Å²) in [7, 11) is 1.63. The first-order valence-electron chi connectivity index (χ1n) is 7.17. The molecule has 1 unspecified atom stereocenters. The van der Waals surface area contributed by atoms with Gasteiger partial charge in [0.15, 0.2) is 11.3 Å². The van der Waals surface area contributed by atoms with Crippen LogP contribution in [0, 0.1) is 5.92 Å². The molecule has 20 heavy (non-hydrogen) atoms. The average molecular weight is 304 g/mol. The number of ether oxygens (including phenoxy) is 1. The van der Waals surface area contributed by atoms with Gasteiger partial charge in [-0.05, 0) is 18.8 Å². The molecule has 0 aromatic rings. The van der Waals surface area contributed by atoms with Crippen molar-refractivity contribution in [2.45, 2.75) is 61.6 Å². The Hall–Kier alpha value is -0.370. The predicted molar refractivity (Wildman–Crippen MR) is 75.4 cm³/mol. The second-order valence-electron chi connectivity index (χ2n) is 5.76. The summed E-state index contributed by atoms with van der Waals surface area (Å²) in [6.45, 7) is 0. The molecule has 3 fully saturated rings. The minimum atomic E-state index is -1.46. The topological polar surface area (TPSA) is 74.1 Å². The van der Waals surface area contributed by atoms with E-state index in [2.05, 4.69) is 10.3 Å². The molecule has 6 atom stereocenters. The number of thioether (sulfide) groups is 1. The molecule has 0 aromatic heterocycles. The van der Waals surface area contributed by atoms with Gasteiger partial charge >= 0.3 is 0 Å². The molecule has 2 aliphatic heterocycles. The molecule has 7 heteroatoms. The molecular weight excluding hydrogens is 283 g/mol. The fourth-order valence-corrected chi connectivity index (χ4v) is 4.44. The van der Waals surface area contributed by atoms with Gasteiger partial charge < -0.3 is 20.3 Å². The van der Waals surface area contributed by atoms with Crippen molar-refractivity contribution in [1.29, 1.82) is 0 Å². The van der Waals surface area contributed by atoms with Crippen molar-refractivity contribution in [2.24, 2.45) is 10.9 Å². The van der Waals surface area contributed by atoms with Gasteiger partial charge in [-0.3, -0.25) is 4.99 Å². The van der Waals surface area contributed by atoms with Crippen LogP contribution >= 0.6 is 11.8 Å². The van der Waals surface area contributed by atoms with E-state index in [0.717, 1.165) is 25.7 Å². The van der Waals surface area contributed by atoms with Crippen molar-refractivity contribution in [3.05, 3.63) is 0 Å². The summed E-state index contributed by atoms with van der Waals surface area (Å²) < 4.78 is 20.1. The number of aliphatic hydroxyl groups excluding tert-OH is 2. The molecule has 1 aliphatic carbocycles. The molecule has 3 aliphatic rings. The van der Waals surface area contributed by atoms with E-state index in [0.29, 0.717) is 5.17 Å². The minimum absolute atomic E-state index is 0.108. The van der Waals surface area contributed by atoms with Crippen LogP contribution in [0.1, 0.15) is 25.7 Å². The van der Waals surface area contributed by atoms with E-state index in [1.165, 1.54) is 11.8 Å². The van der Waals surface area contributed by atoms with Gasteiger partial charge in [-0.25, -0.2) is 4.39 Å². The fraction of sp³-hybridized carbons (Fsp3) is 0.923. The fourth-order valence-electron chi connectivity index (χ4n) is 3.37. The smallest absolute Gasteiger partial charge is 0.159 e. The zero-order valence-electron chi connectivity index (χ0n) is 11.4. The summed E-state index contributed by atoms with van der Waals surface area (Å²) in [6.07, 6.45) is -0.387. The van der Waals surface area contributed by atoms with E-state index < -0.39 is 36.0 Å². The number of aliphatic imine (C=N–C) groups is 1. The second kappa shape index (κ2) is 5.79. The van der Waals surface area contributed by atoms with Crippen LogP contribution in [0.3, 0.4) is 0 Å². The summed E-state index contributed by atoms with van der Waals surface area (Å²) in [5.74, 6) is 0.108. The van der Waals surface area contributed by atoms with Crippen LogP contribution in [0.25, 0.3) is 0 Å². The maximum atomic E-state index is 14.4. The second-order valence-corrected chi connectivity index (χ2v) is 6.84. The Bertz CT molecular complexity index is 392. The summed E-state index contributed by atoms with van der Waals surface area (Å²) in [6, 6.07) is -0.597. The molecule has 2 saturated heterocycles. The highest BCUT2D eigenvalue weighted by Crippen LogP contribution is 2.39. The number of alkyl halides is 1. The van der Waals surface area contributed by atoms with Crippen LogP contribution < -0.4 is 5.32 Å². The van der Waals surface area contributed by atoms with Gasteiger partial charge in [-0.2, -0.15) is 0 Å². The Kier molecular flexibility index (Phi) is 4.21. The Morgan fingerprint density at radius 3 is 2.80 bits per heavy atom. The van der Waals surface area contributed by atoms with E-state index in [9.17, 15) is 14.6 Å². The molecule has 2 heterocycles. The number of nitrogens with zero attached hydrogens (tertiary/aromatic N) is 1. The van der Waals surface area contributed by atoms with Crippen molar-refractivity contribution in [3.8, 4) is 0 Å². The number of fused-ring (bicyclic) bond motifs is 1. The highest BCUT2D eigenvalue weighted by molar-refractivity contribution is 8.14. The number of hydrogen-bond donors (Lipinski definition) is 3. The lowest BCUT2D eigenvalue weighted by Crippen LogP contribution is -2.60. The van der Waals surface area contributed by atoms with Crippen LogP contribution in [0.5, 0.6) is 0 Å². The highest BCUT2D eigenvalue weighted by Gasteiger charge is 2.52. The van der Waals surface area contributed by atoms with E-state index in [4.69, 9.17) is 4.74 Å². The maximum Gasteiger partial charge on any atom is 0.159 e. The zero-order valence-corrected chi connectivity index (χ0v) is 12.2. The first-order valence-corrected chi connectivity index (χ1v) is 8.05. The Labute approximate surface area is 122 Å². The molecule has 0 amide bonds. The van der Waals surface area contributed by atoms with Crippen molar-refractivity contribution < 1.29 is 19.3 Å². The third-order valence-electron chi connectivity index (χ3n) is 4.53. The van der Waals surface area contributed by atoms with Gasteiger partial charge in [-0.15, -0.1) is 0 Å². The first-order chi connectivity index (χ1) is 9.61. The van der Waals surface area contributed by atoms with Gasteiger partial charge in [0.05, 0.1) is 12.1 Å². The quantitative estimate of drug-likeness (QED) is 0.698. The number of nitrogens with one attached hydrogen (secondary N) is 1. The summed E-state index contributed by atoms with van der Waals surface area (Å²) in [5.41, 5.74) is -0.437. The van der Waals surface area contributed by atoms with Gasteiger partial charge in [0.1, 0.15) is 17.6 Å². The Balaban J connectivity index is 1.73. The van der Waals surface area contributed by atoms with Crippen molar-refractivity contribution in [3.63, 3.8) is 0 Å². The molecule has 1 saturated carbocycles. The molecule has 3 N–H and O–H groups in total. The zero-order chi connectivity index (χ0) is 14.3. The SMILES string of the molecule is CN=C1N[C@@H]2[C@H](F)[C@H](O)[C@@H](C(O)C3CCCC3)O[C@@H]2S1. The number of hydrogen-bond acceptors (Lipinski definition) is 5. The minimum Gasteiger partial charge on any atom is -0.390 e. The average Bonchev–Trinajstić information content (AvgIpc) is 3.10. The molecule has 3 rings (SSSR count). The number of halogens is 1. The summed E-state index contributed by atoms with van der Waals surface area (Å²) in [4.78, 5) is 4.00. The maximum absolute atomic E-state index is 14.4. The molecule has 0 spiro atoms. The molecule has 5 nitrogen and oxygen atoms in total. The lowest BCUT2D eigenvalue weighted by molar-refractivity contribution is -0.180. The van der Waals surface area contributed by atoms with E-state index >= 15 is 0 Å². The van der Waals surface area contributed by atoms with Crippen LogP contribution in [0.15, 0.2) is 4.99 Å². The summed E-state index contributed by atoms with van der Waals surface area (Å²) in [5, 5.41) is 24.1. The lowest BCUT2D eigenvalue weighted by Gasteiger charge is -2.41. The van der Waals surface area contributed by atoms with Crippen molar-refractivity contribution >= 4 is 16.9 Å². The van der Waals surface area contributed by atoms with Crippen molar-refractivity contribution in [1.82, 2.24) is 5.32 Å². The molecule has 0 bridgehead atoms. The number of aliphatic hydroxyl groups is 2. The largest absolute Gasteiger partial charge is 0.390 e. The molecular formula is C13H21FN2O3S. The Morgan fingerprint density at radius 2 is 2.15 bits per heavy atom. The third kappa shape index (κ3) is 2.45. The molecule has 0 radical (unpaired) electrons. The van der Waals surface area contributed by atoms with Gasteiger partial charge in [-0.1, -0.05) is 24.6 Å². The van der Waals surface area contributed by atoms with Crippen LogP contribution in [-0.2, 0) is 4.74 Å². The van der Waals surface area contributed by atoms with Crippen LogP contribution in [0.4, 0.5) is 4.39 Å². The standard InChI is InChI=1S/C13H21FN2O3S/c1-15-13-16-8-7(14)10(18)11(19-12(8)20-13)9(17)6-4-2-3-5-6/h6-12,17-18H,2-5H2,1H3,(H,15,16)/t7-,8+,9?,10-,11+,12+/m0/s1. The first kappa shape index (κ1) is 14.6. The molecule has 114 valence electrons. The predicted octanol–water partition coefficient (Wildman–Crippen LogP) is 0.652. The van der Waals surface area contributed by atoms with E-state index in [1.54, 1.807) is 7.05 Å². The molecule has 0 aromatic carbocycles. The van der Waals surface area contributed by atoms with Crippen LogP contribution in [-0.4, -0.2) is 58.4 Å². The monoisotopic (exact) mass is 304 g/mol. The normalized spacial score (nSPS) is 45.4. The lowest BCUT2D eigenvalue weighted by atomic mass is 9.88. The van der Waals surface area contributed by atoms with Gasteiger partial charge in [0.2, 0.25) is 0 Å². The van der Waals surface area contributed by atoms with Gasteiger partial charge in [0, 0.05) is 7.05 Å². The van der Waals surface area contributed by atoms with Gasteiger partial charge in [0.25, 0.3) is 0 Å².